The highest BCUT2D eigenvalue weighted by atomic mass is 35.5. The van der Waals surface area contributed by atoms with E-state index in [9.17, 15) is 14.6 Å². The number of hydrogen-bond donors (Lipinski definition) is 2. The van der Waals surface area contributed by atoms with Crippen LogP contribution in [0.15, 0.2) is 42.5 Å². The fourth-order valence-corrected chi connectivity index (χ4v) is 3.93. The van der Waals surface area contributed by atoms with Gasteiger partial charge in [0.15, 0.2) is 0 Å². The molecule has 1 saturated heterocycles. The van der Waals surface area contributed by atoms with E-state index in [-0.39, 0.29) is 30.7 Å². The standard InChI is InChI=1S/C22H27ClFNO3.ClH/c1-15-2-7-21(20(23)12-15)28-14-19(26)13-25-10-8-17(9-11-25)22(27)16-3-5-18(24)6-4-16;/h2-7,12,17,19,22,26-27H,8-11,13-14H2,1H3;1H. The van der Waals surface area contributed by atoms with E-state index >= 15 is 0 Å². The summed E-state index contributed by atoms with van der Waals surface area (Å²) in [7, 11) is 0. The Labute approximate surface area is 182 Å². The number of halogens is 3. The zero-order valence-corrected chi connectivity index (χ0v) is 18.0. The van der Waals surface area contributed by atoms with Crippen LogP contribution in [-0.2, 0) is 0 Å². The van der Waals surface area contributed by atoms with Gasteiger partial charge in [-0.3, -0.25) is 0 Å². The number of benzene rings is 2. The first-order valence-electron chi connectivity index (χ1n) is 9.65. The van der Waals surface area contributed by atoms with Crippen molar-refractivity contribution >= 4 is 24.0 Å². The van der Waals surface area contributed by atoms with E-state index in [0.717, 1.165) is 37.1 Å². The van der Waals surface area contributed by atoms with E-state index in [2.05, 4.69) is 4.90 Å². The van der Waals surface area contributed by atoms with Gasteiger partial charge in [0.1, 0.15) is 24.3 Å². The second-order valence-electron chi connectivity index (χ2n) is 7.53. The summed E-state index contributed by atoms with van der Waals surface area (Å²) in [6.07, 6.45) is 0.460. The fraction of sp³-hybridized carbons (Fsp3) is 0.455. The molecule has 29 heavy (non-hydrogen) atoms. The maximum Gasteiger partial charge on any atom is 0.138 e. The van der Waals surface area contributed by atoms with Crippen LogP contribution >= 0.6 is 24.0 Å². The molecule has 0 amide bonds. The first-order valence-corrected chi connectivity index (χ1v) is 10.0. The van der Waals surface area contributed by atoms with Crippen molar-refractivity contribution in [3.05, 3.63) is 64.4 Å². The van der Waals surface area contributed by atoms with Crippen molar-refractivity contribution in [3.8, 4) is 5.75 Å². The Morgan fingerprint density at radius 1 is 1.14 bits per heavy atom. The molecule has 1 fully saturated rings. The van der Waals surface area contributed by atoms with Crippen LogP contribution in [0.1, 0.15) is 30.1 Å². The zero-order valence-electron chi connectivity index (χ0n) is 16.4. The Morgan fingerprint density at radius 3 is 2.41 bits per heavy atom. The minimum atomic E-state index is -0.615. The van der Waals surface area contributed by atoms with Crippen molar-refractivity contribution in [2.45, 2.75) is 32.0 Å². The molecule has 160 valence electrons. The molecule has 2 aromatic carbocycles. The summed E-state index contributed by atoms with van der Waals surface area (Å²) in [4.78, 5) is 2.18. The molecule has 2 unspecified atom stereocenters. The second kappa shape index (κ2) is 11.1. The van der Waals surface area contributed by atoms with Crippen LogP contribution in [0.5, 0.6) is 5.75 Å². The SMILES string of the molecule is Cc1ccc(OCC(O)CN2CCC(C(O)c3ccc(F)cc3)CC2)c(Cl)c1.Cl. The number of aliphatic hydroxyl groups excluding tert-OH is 2. The van der Waals surface area contributed by atoms with Crippen LogP contribution < -0.4 is 4.74 Å². The number of aryl methyl sites for hydroxylation is 1. The first-order chi connectivity index (χ1) is 13.4. The molecule has 0 bridgehead atoms. The number of ether oxygens (including phenoxy) is 1. The van der Waals surface area contributed by atoms with Crippen LogP contribution in [-0.4, -0.2) is 47.5 Å². The van der Waals surface area contributed by atoms with Crippen LogP contribution in [0.3, 0.4) is 0 Å². The van der Waals surface area contributed by atoms with Gasteiger partial charge in [0.25, 0.3) is 0 Å². The fourth-order valence-electron chi connectivity index (χ4n) is 3.64. The number of likely N-dealkylation sites (tertiary alicyclic amines) is 1. The number of rotatable bonds is 7. The number of aliphatic hydroxyl groups is 2. The number of β-amino-alcohol motifs (C(OH)–C–C–N with tert-alkyl or cyclic N) is 1. The molecule has 7 heteroatoms. The van der Waals surface area contributed by atoms with Crippen molar-refractivity contribution in [1.29, 1.82) is 0 Å². The van der Waals surface area contributed by atoms with Crippen LogP contribution in [0.4, 0.5) is 4.39 Å². The Bertz CT molecular complexity index is 767. The predicted molar refractivity (Wildman–Crippen MR) is 115 cm³/mol. The highest BCUT2D eigenvalue weighted by Crippen LogP contribution is 2.31. The Balaban J connectivity index is 0.00000300. The molecule has 4 nitrogen and oxygen atoms in total. The smallest absolute Gasteiger partial charge is 0.138 e. The second-order valence-corrected chi connectivity index (χ2v) is 7.94. The molecule has 0 saturated carbocycles. The molecule has 2 atom stereocenters. The van der Waals surface area contributed by atoms with Crippen molar-refractivity contribution in [1.82, 2.24) is 4.90 Å². The van der Waals surface area contributed by atoms with Gasteiger partial charge in [-0.25, -0.2) is 4.39 Å². The maximum atomic E-state index is 13.0. The summed E-state index contributed by atoms with van der Waals surface area (Å²) < 4.78 is 18.7. The normalized spacial score (nSPS) is 17.4. The number of piperidine rings is 1. The maximum absolute atomic E-state index is 13.0. The molecule has 2 aromatic rings. The molecule has 1 heterocycles. The van der Waals surface area contributed by atoms with Crippen molar-refractivity contribution in [2.24, 2.45) is 5.92 Å². The van der Waals surface area contributed by atoms with Gasteiger partial charge in [-0.1, -0.05) is 29.8 Å². The van der Waals surface area contributed by atoms with Crippen LogP contribution in [0.2, 0.25) is 5.02 Å². The molecule has 1 aliphatic heterocycles. The molecule has 0 aliphatic carbocycles. The topological polar surface area (TPSA) is 52.9 Å². The van der Waals surface area contributed by atoms with Crippen molar-refractivity contribution in [2.75, 3.05) is 26.2 Å². The highest BCUT2D eigenvalue weighted by Gasteiger charge is 2.27. The molecule has 0 radical (unpaired) electrons. The van der Waals surface area contributed by atoms with Gasteiger partial charge in [-0.2, -0.15) is 0 Å². The highest BCUT2D eigenvalue weighted by molar-refractivity contribution is 6.32. The Hall–Kier alpha value is -1.37. The minimum Gasteiger partial charge on any atom is -0.489 e. The summed E-state index contributed by atoms with van der Waals surface area (Å²) in [5.74, 6) is 0.419. The summed E-state index contributed by atoms with van der Waals surface area (Å²) in [6, 6.07) is 11.6. The molecular weight excluding hydrogens is 416 g/mol. The lowest BCUT2D eigenvalue weighted by Gasteiger charge is -2.35. The molecule has 0 spiro atoms. The van der Waals surface area contributed by atoms with Gasteiger partial charge < -0.3 is 19.8 Å². The summed E-state index contributed by atoms with van der Waals surface area (Å²) in [5, 5.41) is 21.4. The monoisotopic (exact) mass is 443 g/mol. The Kier molecular flexibility index (Phi) is 9.18. The van der Waals surface area contributed by atoms with Crippen LogP contribution in [0.25, 0.3) is 0 Å². The molecule has 3 rings (SSSR count). The quantitative estimate of drug-likeness (QED) is 0.665. The third-order valence-corrected chi connectivity index (χ3v) is 5.57. The lowest BCUT2D eigenvalue weighted by Crippen LogP contribution is -2.41. The van der Waals surface area contributed by atoms with E-state index in [1.54, 1.807) is 12.1 Å². The van der Waals surface area contributed by atoms with E-state index < -0.39 is 12.2 Å². The minimum absolute atomic E-state index is 0. The lowest BCUT2D eigenvalue weighted by molar-refractivity contribution is 0.0278. The van der Waals surface area contributed by atoms with Gasteiger partial charge >= 0.3 is 0 Å². The predicted octanol–water partition coefficient (Wildman–Crippen LogP) is 4.39. The Morgan fingerprint density at radius 2 is 1.79 bits per heavy atom. The summed E-state index contributed by atoms with van der Waals surface area (Å²) in [5.41, 5.74) is 1.81. The number of hydrogen-bond acceptors (Lipinski definition) is 4. The van der Waals surface area contributed by atoms with E-state index in [1.807, 2.05) is 25.1 Å². The number of nitrogens with zero attached hydrogens (tertiary/aromatic N) is 1. The van der Waals surface area contributed by atoms with Crippen molar-refractivity contribution < 1.29 is 19.3 Å². The largest absolute Gasteiger partial charge is 0.489 e. The van der Waals surface area contributed by atoms with Crippen LogP contribution in [0, 0.1) is 18.7 Å². The molecule has 0 aromatic heterocycles. The summed E-state index contributed by atoms with van der Waals surface area (Å²) >= 11 is 6.15. The third-order valence-electron chi connectivity index (χ3n) is 5.28. The molecule has 2 N–H and O–H groups in total. The van der Waals surface area contributed by atoms with E-state index in [0.29, 0.717) is 17.3 Å². The van der Waals surface area contributed by atoms with E-state index in [4.69, 9.17) is 16.3 Å². The van der Waals surface area contributed by atoms with Gasteiger partial charge in [-0.05, 0) is 74.2 Å². The van der Waals surface area contributed by atoms with Gasteiger partial charge in [0.05, 0.1) is 11.1 Å². The lowest BCUT2D eigenvalue weighted by atomic mass is 9.87. The average Bonchev–Trinajstić information content (AvgIpc) is 2.68. The first kappa shape index (κ1) is 23.9. The zero-order chi connectivity index (χ0) is 20.1. The van der Waals surface area contributed by atoms with E-state index in [1.165, 1.54) is 12.1 Å². The molecular formula is C22H28Cl2FNO3. The van der Waals surface area contributed by atoms with Gasteiger partial charge in [0, 0.05) is 6.54 Å². The molecule has 1 aliphatic rings. The van der Waals surface area contributed by atoms with Crippen molar-refractivity contribution in [3.63, 3.8) is 0 Å². The summed E-state index contributed by atoms with van der Waals surface area (Å²) in [6.45, 7) is 4.25. The average molecular weight is 444 g/mol. The third kappa shape index (κ3) is 6.83. The van der Waals surface area contributed by atoms with Gasteiger partial charge in [0.2, 0.25) is 0 Å². The van der Waals surface area contributed by atoms with Gasteiger partial charge in [-0.15, -0.1) is 12.4 Å².